The lowest BCUT2D eigenvalue weighted by molar-refractivity contribution is -0.137. The normalized spacial score (nSPS) is 13.8. The molecule has 1 saturated heterocycles. The van der Waals surface area contributed by atoms with Crippen LogP contribution < -0.4 is 20.3 Å². The molecular formula is C21H22F3N3O2S. The Morgan fingerprint density at radius 3 is 2.50 bits per heavy atom. The van der Waals surface area contributed by atoms with Gasteiger partial charge in [-0.3, -0.25) is 10.1 Å². The van der Waals surface area contributed by atoms with Gasteiger partial charge in [-0.2, -0.15) is 13.2 Å². The van der Waals surface area contributed by atoms with Gasteiger partial charge in [0.1, 0.15) is 5.75 Å². The minimum Gasteiger partial charge on any atom is -0.496 e. The van der Waals surface area contributed by atoms with E-state index in [2.05, 4.69) is 10.6 Å². The van der Waals surface area contributed by atoms with E-state index in [-0.39, 0.29) is 16.4 Å². The number of rotatable bonds is 4. The Kier molecular flexibility index (Phi) is 6.50. The molecule has 0 bridgehead atoms. The molecule has 0 spiro atoms. The van der Waals surface area contributed by atoms with Crippen LogP contribution in [0.2, 0.25) is 0 Å². The smallest absolute Gasteiger partial charge is 0.416 e. The van der Waals surface area contributed by atoms with Crippen LogP contribution in [0.25, 0.3) is 0 Å². The minimum absolute atomic E-state index is 0.0941. The first-order chi connectivity index (χ1) is 14.2. The molecule has 1 fully saturated rings. The van der Waals surface area contributed by atoms with Gasteiger partial charge in [-0.25, -0.2) is 0 Å². The van der Waals surface area contributed by atoms with Gasteiger partial charge >= 0.3 is 6.18 Å². The average Bonchev–Trinajstić information content (AvgIpc) is 3.21. The van der Waals surface area contributed by atoms with Crippen molar-refractivity contribution in [2.45, 2.75) is 25.9 Å². The van der Waals surface area contributed by atoms with Crippen molar-refractivity contribution >= 4 is 34.6 Å². The molecule has 5 nitrogen and oxygen atoms in total. The van der Waals surface area contributed by atoms with E-state index in [9.17, 15) is 18.0 Å². The number of hydrogen-bond donors (Lipinski definition) is 2. The Labute approximate surface area is 178 Å². The fraction of sp³-hybridized carbons (Fsp3) is 0.333. The number of nitrogens with one attached hydrogen (secondary N) is 2. The lowest BCUT2D eigenvalue weighted by Crippen LogP contribution is -2.35. The maximum atomic E-state index is 13.2. The molecule has 2 N–H and O–H groups in total. The highest BCUT2D eigenvalue weighted by Gasteiger charge is 2.32. The summed E-state index contributed by atoms with van der Waals surface area (Å²) in [5.41, 5.74) is 1.09. The van der Waals surface area contributed by atoms with Crippen LogP contribution in [0.5, 0.6) is 5.75 Å². The monoisotopic (exact) mass is 437 g/mol. The van der Waals surface area contributed by atoms with Gasteiger partial charge in [0.05, 0.1) is 29.6 Å². The van der Waals surface area contributed by atoms with Gasteiger partial charge in [0.15, 0.2) is 5.11 Å². The number of nitrogens with zero attached hydrogens (tertiary/aromatic N) is 1. The van der Waals surface area contributed by atoms with E-state index < -0.39 is 17.6 Å². The van der Waals surface area contributed by atoms with Crippen LogP contribution in [-0.4, -0.2) is 31.2 Å². The highest BCUT2D eigenvalue weighted by Crippen LogP contribution is 2.36. The molecule has 1 aliphatic rings. The maximum absolute atomic E-state index is 13.2. The first-order valence-corrected chi connectivity index (χ1v) is 9.83. The quantitative estimate of drug-likeness (QED) is 0.677. The van der Waals surface area contributed by atoms with Crippen molar-refractivity contribution in [2.75, 3.05) is 30.4 Å². The molecule has 1 amide bonds. The van der Waals surface area contributed by atoms with Crippen molar-refractivity contribution in [2.24, 2.45) is 0 Å². The number of methoxy groups -OCH3 is 1. The van der Waals surface area contributed by atoms with Gasteiger partial charge in [0.2, 0.25) is 0 Å². The summed E-state index contributed by atoms with van der Waals surface area (Å²) >= 11 is 5.21. The highest BCUT2D eigenvalue weighted by molar-refractivity contribution is 7.80. The molecule has 30 heavy (non-hydrogen) atoms. The third-order valence-electron chi connectivity index (χ3n) is 4.91. The number of thiocarbonyl (C=S) groups is 1. The average molecular weight is 437 g/mol. The molecule has 2 aromatic rings. The maximum Gasteiger partial charge on any atom is 0.416 e. The van der Waals surface area contributed by atoms with Gasteiger partial charge in [-0.05, 0) is 61.8 Å². The molecule has 2 aromatic carbocycles. The Bertz CT molecular complexity index is 957. The number of anilines is 2. The number of aryl methyl sites for hydroxylation is 1. The van der Waals surface area contributed by atoms with Gasteiger partial charge in [0, 0.05) is 13.1 Å². The van der Waals surface area contributed by atoms with Crippen LogP contribution in [0.15, 0.2) is 36.4 Å². The molecule has 0 atom stereocenters. The summed E-state index contributed by atoms with van der Waals surface area (Å²) in [6.45, 7) is 3.30. The predicted octanol–water partition coefficient (Wildman–Crippen LogP) is 4.75. The van der Waals surface area contributed by atoms with Crippen molar-refractivity contribution < 1.29 is 22.7 Å². The summed E-state index contributed by atoms with van der Waals surface area (Å²) in [6, 6.07) is 8.60. The topological polar surface area (TPSA) is 53.6 Å². The van der Waals surface area contributed by atoms with E-state index >= 15 is 0 Å². The molecule has 0 aliphatic carbocycles. The fourth-order valence-electron chi connectivity index (χ4n) is 3.47. The second-order valence-electron chi connectivity index (χ2n) is 6.99. The zero-order valence-corrected chi connectivity index (χ0v) is 17.4. The van der Waals surface area contributed by atoms with Crippen LogP contribution in [0, 0.1) is 6.92 Å². The Balaban J connectivity index is 1.83. The first-order valence-electron chi connectivity index (χ1n) is 9.43. The predicted molar refractivity (Wildman–Crippen MR) is 114 cm³/mol. The molecule has 0 unspecified atom stereocenters. The van der Waals surface area contributed by atoms with Crippen LogP contribution in [-0.2, 0) is 6.18 Å². The van der Waals surface area contributed by atoms with Gasteiger partial charge < -0.3 is 15.0 Å². The molecule has 160 valence electrons. The number of alkyl halides is 3. The number of amides is 1. The van der Waals surface area contributed by atoms with Crippen LogP contribution >= 0.6 is 12.2 Å². The van der Waals surface area contributed by atoms with Crippen LogP contribution in [0.1, 0.15) is 34.3 Å². The number of hydrogen-bond acceptors (Lipinski definition) is 4. The molecule has 0 aromatic heterocycles. The second kappa shape index (κ2) is 8.91. The molecule has 3 rings (SSSR count). The number of carbonyl (C=O) groups is 1. The van der Waals surface area contributed by atoms with E-state index in [0.29, 0.717) is 11.4 Å². The minimum atomic E-state index is -4.49. The Morgan fingerprint density at radius 1 is 1.17 bits per heavy atom. The third kappa shape index (κ3) is 4.84. The van der Waals surface area contributed by atoms with Crippen LogP contribution in [0.3, 0.4) is 0 Å². The summed E-state index contributed by atoms with van der Waals surface area (Å²) in [7, 11) is 1.46. The van der Waals surface area contributed by atoms with Crippen molar-refractivity contribution in [3.8, 4) is 5.75 Å². The van der Waals surface area contributed by atoms with E-state index in [1.54, 1.807) is 25.1 Å². The summed E-state index contributed by atoms with van der Waals surface area (Å²) in [6.07, 6.45) is -2.55. The SMILES string of the molecule is COc1c(C)cccc1C(=O)NC(=S)Nc1cc(C(F)(F)F)ccc1N1CCCC1. The second-order valence-corrected chi connectivity index (χ2v) is 7.40. The highest BCUT2D eigenvalue weighted by atomic mass is 32.1. The Hall–Kier alpha value is -2.81. The number of halogens is 3. The van der Waals surface area contributed by atoms with Crippen LogP contribution in [0.4, 0.5) is 24.5 Å². The molecular weight excluding hydrogens is 415 g/mol. The summed E-state index contributed by atoms with van der Waals surface area (Å²) in [5.74, 6) is -0.0997. The molecule has 1 aliphatic heterocycles. The lowest BCUT2D eigenvalue weighted by atomic mass is 10.1. The van der Waals surface area contributed by atoms with Crippen molar-refractivity contribution in [1.82, 2.24) is 5.32 Å². The zero-order chi connectivity index (χ0) is 21.9. The number of carbonyl (C=O) groups excluding carboxylic acids is 1. The standard InChI is InChI=1S/C21H22F3N3O2S/c1-13-6-5-7-15(18(13)29-2)19(28)26-20(30)25-16-12-14(21(22,23)24)8-9-17(16)27-10-3-4-11-27/h5-9,12H,3-4,10-11H2,1-2H3,(H2,25,26,28,30). The van der Waals surface area contributed by atoms with Gasteiger partial charge in [0.25, 0.3) is 5.91 Å². The van der Waals surface area contributed by atoms with Gasteiger partial charge in [-0.15, -0.1) is 0 Å². The van der Waals surface area contributed by atoms with E-state index in [1.165, 1.54) is 13.2 Å². The fourth-order valence-corrected chi connectivity index (χ4v) is 3.68. The molecule has 9 heteroatoms. The molecule has 0 saturated carbocycles. The van der Waals surface area contributed by atoms with E-state index in [1.807, 2.05) is 4.90 Å². The van der Waals surface area contributed by atoms with Crippen molar-refractivity contribution in [3.05, 3.63) is 53.1 Å². The number of para-hydroxylation sites is 1. The largest absolute Gasteiger partial charge is 0.496 e. The number of benzene rings is 2. The third-order valence-corrected chi connectivity index (χ3v) is 5.11. The van der Waals surface area contributed by atoms with Crippen molar-refractivity contribution in [3.63, 3.8) is 0 Å². The summed E-state index contributed by atoms with van der Waals surface area (Å²) in [4.78, 5) is 14.6. The van der Waals surface area contributed by atoms with E-state index in [0.717, 1.165) is 43.6 Å². The first kappa shape index (κ1) is 21.9. The molecule has 1 heterocycles. The molecule has 0 radical (unpaired) electrons. The van der Waals surface area contributed by atoms with Crippen molar-refractivity contribution in [1.29, 1.82) is 0 Å². The van der Waals surface area contributed by atoms with Gasteiger partial charge in [-0.1, -0.05) is 12.1 Å². The number of ether oxygens (including phenoxy) is 1. The summed E-state index contributed by atoms with van der Waals surface area (Å²) < 4.78 is 44.9. The Morgan fingerprint density at radius 2 is 1.87 bits per heavy atom. The zero-order valence-electron chi connectivity index (χ0n) is 16.6. The lowest BCUT2D eigenvalue weighted by Gasteiger charge is -2.23. The van der Waals surface area contributed by atoms with E-state index in [4.69, 9.17) is 17.0 Å². The summed E-state index contributed by atoms with van der Waals surface area (Å²) in [5, 5.41) is 5.20.